The minimum Gasteiger partial charge on any atom is -0.343 e. The Hall–Kier alpha value is -3.43. The molecule has 1 fully saturated rings. The van der Waals surface area contributed by atoms with E-state index in [0.29, 0.717) is 19.3 Å². The Balaban J connectivity index is 2.66. The highest BCUT2D eigenvalue weighted by atomic mass is 16.2. The van der Waals surface area contributed by atoms with Gasteiger partial charge in [0.05, 0.1) is 0 Å². The van der Waals surface area contributed by atoms with Crippen molar-refractivity contribution in [1.29, 1.82) is 0 Å². The van der Waals surface area contributed by atoms with Gasteiger partial charge >= 0.3 is 0 Å². The maximum absolute atomic E-state index is 14.0. The van der Waals surface area contributed by atoms with E-state index in [4.69, 9.17) is 0 Å². The summed E-state index contributed by atoms with van der Waals surface area (Å²) in [5.41, 5.74) is 0.848. The minimum atomic E-state index is -0.943. The van der Waals surface area contributed by atoms with Gasteiger partial charge < -0.3 is 26.2 Å². The van der Waals surface area contributed by atoms with Gasteiger partial charge in [0.15, 0.2) is 0 Å². The second kappa shape index (κ2) is 16.4. The first-order chi connectivity index (χ1) is 20.1. The number of hydrogen-bond acceptors (Lipinski definition) is 5. The van der Waals surface area contributed by atoms with Crippen molar-refractivity contribution in [1.82, 2.24) is 26.2 Å². The van der Waals surface area contributed by atoms with Crippen LogP contribution in [0.2, 0.25) is 0 Å². The summed E-state index contributed by atoms with van der Waals surface area (Å²) in [4.78, 5) is 70.2. The average molecular weight is 600 g/mol. The van der Waals surface area contributed by atoms with Crippen molar-refractivity contribution >= 4 is 29.5 Å². The van der Waals surface area contributed by atoms with Gasteiger partial charge in [0.2, 0.25) is 29.5 Å². The van der Waals surface area contributed by atoms with Gasteiger partial charge in [0.25, 0.3) is 0 Å². The summed E-state index contributed by atoms with van der Waals surface area (Å²) in [6, 6.07) is 4.76. The van der Waals surface area contributed by atoms with Crippen molar-refractivity contribution in [3.63, 3.8) is 0 Å². The van der Waals surface area contributed by atoms with Crippen LogP contribution >= 0.6 is 0 Å². The molecule has 1 aromatic rings. The van der Waals surface area contributed by atoms with Gasteiger partial charge in [0, 0.05) is 13.5 Å². The largest absolute Gasteiger partial charge is 0.343 e. The Morgan fingerprint density at radius 2 is 1.05 bits per heavy atom. The SMILES string of the molecule is CC(C)C[C@@H]1NC(=O)[C@H](CC(C)C)NC(=O)[C@H](Cc2ccccc2)N(C)C(=O)[C@H](CC(C)C)NC(=O)[C@H](C(C)C)NC1=O. The number of rotatable bonds is 9. The molecule has 5 amide bonds. The first kappa shape index (κ1) is 35.8. The Labute approximate surface area is 257 Å². The predicted molar refractivity (Wildman–Crippen MR) is 168 cm³/mol. The second-order valence-corrected chi connectivity index (χ2v) is 13.5. The van der Waals surface area contributed by atoms with E-state index in [1.54, 1.807) is 7.05 Å². The van der Waals surface area contributed by atoms with Crippen LogP contribution in [-0.2, 0) is 30.4 Å². The molecule has 1 saturated heterocycles. The lowest BCUT2D eigenvalue weighted by Crippen LogP contribution is -2.59. The Bertz CT molecular complexity index is 1100. The van der Waals surface area contributed by atoms with Crippen molar-refractivity contribution in [2.24, 2.45) is 23.7 Å². The third-order valence-electron chi connectivity index (χ3n) is 7.64. The number of benzene rings is 1. The molecule has 0 aromatic heterocycles. The Morgan fingerprint density at radius 3 is 1.53 bits per heavy atom. The van der Waals surface area contributed by atoms with Crippen LogP contribution in [0, 0.1) is 23.7 Å². The smallest absolute Gasteiger partial charge is 0.245 e. The van der Waals surface area contributed by atoms with E-state index in [1.807, 2.05) is 85.7 Å². The molecule has 0 unspecified atom stereocenters. The van der Waals surface area contributed by atoms with Crippen molar-refractivity contribution in [3.8, 4) is 0 Å². The fraction of sp³-hybridized carbons (Fsp3) is 0.667. The normalized spacial score (nSPS) is 24.9. The summed E-state index contributed by atoms with van der Waals surface area (Å²) in [6.07, 6.45) is 1.26. The molecule has 10 nitrogen and oxygen atoms in total. The molecule has 0 radical (unpaired) electrons. The topological polar surface area (TPSA) is 137 Å². The van der Waals surface area contributed by atoms with E-state index in [-0.39, 0.29) is 30.1 Å². The molecule has 1 aromatic carbocycles. The molecule has 0 saturated carbocycles. The highest BCUT2D eigenvalue weighted by Crippen LogP contribution is 2.17. The summed E-state index contributed by atoms with van der Waals surface area (Å²) in [5, 5.41) is 11.5. The summed E-state index contributed by atoms with van der Waals surface area (Å²) >= 11 is 0. The number of hydrogen-bond donors (Lipinski definition) is 4. The average Bonchev–Trinajstić information content (AvgIpc) is 2.91. The van der Waals surface area contributed by atoms with Crippen LogP contribution < -0.4 is 21.3 Å². The molecule has 4 N–H and O–H groups in total. The fourth-order valence-corrected chi connectivity index (χ4v) is 5.33. The lowest BCUT2D eigenvalue weighted by Gasteiger charge is -2.33. The Kier molecular flexibility index (Phi) is 13.7. The molecule has 1 aliphatic rings. The summed E-state index contributed by atoms with van der Waals surface area (Å²) in [6.45, 7) is 15.3. The molecule has 1 heterocycles. The zero-order valence-corrected chi connectivity index (χ0v) is 27.4. The molecule has 5 atom stereocenters. The first-order valence-electron chi connectivity index (χ1n) is 15.6. The highest BCUT2D eigenvalue weighted by molar-refractivity contribution is 5.98. The second-order valence-electron chi connectivity index (χ2n) is 13.5. The number of carbonyl (C=O) groups excluding carboxylic acids is 5. The summed E-state index contributed by atoms with van der Waals surface area (Å²) in [5.74, 6) is -2.43. The van der Waals surface area contributed by atoms with Crippen LogP contribution in [0.3, 0.4) is 0 Å². The monoisotopic (exact) mass is 599 g/mol. The van der Waals surface area contributed by atoms with Gasteiger partial charge in [-0.2, -0.15) is 0 Å². The minimum absolute atomic E-state index is 0.0602. The number of amides is 5. The summed E-state index contributed by atoms with van der Waals surface area (Å²) < 4.78 is 0. The quantitative estimate of drug-likeness (QED) is 0.346. The lowest BCUT2D eigenvalue weighted by molar-refractivity contribution is -0.143. The van der Waals surface area contributed by atoms with Gasteiger partial charge in [-0.25, -0.2) is 0 Å². The van der Waals surface area contributed by atoms with Crippen LogP contribution in [0.5, 0.6) is 0 Å². The molecular weight excluding hydrogens is 546 g/mol. The molecule has 2 rings (SSSR count). The molecule has 240 valence electrons. The molecule has 0 bridgehead atoms. The molecular formula is C33H53N5O5. The van der Waals surface area contributed by atoms with E-state index < -0.39 is 59.7 Å². The maximum Gasteiger partial charge on any atom is 0.245 e. The van der Waals surface area contributed by atoms with Gasteiger partial charge in [-0.05, 0) is 48.5 Å². The number of nitrogens with zero attached hydrogens (tertiary/aromatic N) is 1. The zero-order chi connectivity index (χ0) is 32.4. The van der Waals surface area contributed by atoms with Crippen molar-refractivity contribution in [2.75, 3.05) is 7.05 Å². The number of likely N-dealkylation sites (N-methyl/N-ethyl adjacent to an activating group) is 1. The van der Waals surface area contributed by atoms with Gasteiger partial charge in [-0.3, -0.25) is 24.0 Å². The van der Waals surface area contributed by atoms with Crippen LogP contribution in [0.1, 0.15) is 80.2 Å². The third kappa shape index (κ3) is 11.0. The van der Waals surface area contributed by atoms with E-state index in [1.165, 1.54) is 4.90 Å². The fourth-order valence-electron chi connectivity index (χ4n) is 5.33. The number of carbonyl (C=O) groups is 5. The lowest BCUT2D eigenvalue weighted by atomic mass is 9.97. The van der Waals surface area contributed by atoms with Crippen molar-refractivity contribution < 1.29 is 24.0 Å². The van der Waals surface area contributed by atoms with Crippen LogP contribution in [0.15, 0.2) is 30.3 Å². The zero-order valence-electron chi connectivity index (χ0n) is 27.4. The van der Waals surface area contributed by atoms with E-state index >= 15 is 0 Å². The van der Waals surface area contributed by atoms with Crippen LogP contribution in [0.25, 0.3) is 0 Å². The van der Waals surface area contributed by atoms with Gasteiger partial charge in [-0.1, -0.05) is 85.7 Å². The molecule has 43 heavy (non-hydrogen) atoms. The summed E-state index contributed by atoms with van der Waals surface area (Å²) in [7, 11) is 1.56. The third-order valence-corrected chi connectivity index (χ3v) is 7.64. The first-order valence-corrected chi connectivity index (χ1v) is 15.6. The molecule has 1 aliphatic heterocycles. The standard InChI is InChI=1S/C33H53N5O5/c1-19(2)15-24-29(39)34-25(16-20(3)4)30(40)37-28(22(7)8)32(42)36-26(17-21(5)6)33(43)38(9)27(31(41)35-24)18-23-13-11-10-12-14-23/h10-14,19-22,24-28H,15-18H2,1-9H3,(H,34,39)(H,35,41)(H,36,42)(H,37,40)/t24-,25-,26-,27-,28-/m0/s1. The molecule has 0 aliphatic carbocycles. The van der Waals surface area contributed by atoms with Gasteiger partial charge in [-0.15, -0.1) is 0 Å². The van der Waals surface area contributed by atoms with E-state index in [0.717, 1.165) is 5.56 Å². The Morgan fingerprint density at radius 1 is 0.605 bits per heavy atom. The number of nitrogens with one attached hydrogen (secondary N) is 4. The predicted octanol–water partition coefficient (Wildman–Crippen LogP) is 2.80. The van der Waals surface area contributed by atoms with Crippen LogP contribution in [0.4, 0.5) is 0 Å². The highest BCUT2D eigenvalue weighted by Gasteiger charge is 2.38. The van der Waals surface area contributed by atoms with Gasteiger partial charge in [0.1, 0.15) is 30.2 Å². The van der Waals surface area contributed by atoms with Crippen molar-refractivity contribution in [3.05, 3.63) is 35.9 Å². The van der Waals surface area contributed by atoms with Crippen molar-refractivity contribution in [2.45, 2.75) is 111 Å². The molecule has 0 spiro atoms. The maximum atomic E-state index is 14.0. The van der Waals surface area contributed by atoms with E-state index in [2.05, 4.69) is 21.3 Å². The molecule has 10 heteroatoms. The van der Waals surface area contributed by atoms with Crippen LogP contribution in [-0.4, -0.2) is 71.7 Å². The van der Waals surface area contributed by atoms with E-state index in [9.17, 15) is 24.0 Å².